The Kier molecular flexibility index (Phi) is 3.10. The van der Waals surface area contributed by atoms with Gasteiger partial charge in [0.1, 0.15) is 6.07 Å². The van der Waals surface area contributed by atoms with Crippen molar-refractivity contribution in [2.75, 3.05) is 0 Å². The average molecular weight is 378 g/mol. The second-order valence-electron chi connectivity index (χ2n) is 2.79. The van der Waals surface area contributed by atoms with Crippen LogP contribution in [0.5, 0.6) is 0 Å². The molecule has 0 atom stereocenters. The van der Waals surface area contributed by atoms with Crippen LogP contribution in [0, 0.1) is 14.2 Å². The molecule has 1 aromatic heterocycles. The van der Waals surface area contributed by atoms with Crippen LogP contribution in [0.25, 0.3) is 10.1 Å². The third-order valence-corrected chi connectivity index (χ3v) is 4.76. The van der Waals surface area contributed by atoms with Gasteiger partial charge < -0.3 is 0 Å². The van der Waals surface area contributed by atoms with Crippen molar-refractivity contribution in [1.29, 1.82) is 5.26 Å². The molecule has 0 aliphatic rings. The van der Waals surface area contributed by atoms with E-state index in [-0.39, 0.29) is 0 Å². The third kappa shape index (κ3) is 1.58. The second kappa shape index (κ2) is 4.17. The Morgan fingerprint density at radius 2 is 2.29 bits per heavy atom. The molecule has 0 fully saturated rings. The number of nitrogens with zero attached hydrogens (tertiary/aromatic N) is 1. The molecule has 0 unspecified atom stereocenters. The molecule has 2 aromatic rings. The number of alkyl halides is 1. The molecule has 0 saturated heterocycles. The van der Waals surface area contributed by atoms with E-state index >= 15 is 0 Å². The summed E-state index contributed by atoms with van der Waals surface area (Å²) in [6, 6.07) is 8.43. The number of rotatable bonds is 1. The Balaban J connectivity index is 2.91. The predicted octanol–water partition coefficient (Wildman–Crippen LogP) is 4.27. The zero-order valence-corrected chi connectivity index (χ0v) is 11.6. The molecular formula is C10H5BrINS. The minimum Gasteiger partial charge on any atom is -0.192 e. The van der Waals surface area contributed by atoms with E-state index in [1.165, 1.54) is 10.3 Å². The first-order valence-electron chi connectivity index (χ1n) is 3.94. The smallest absolute Gasteiger partial charge is 0.102 e. The van der Waals surface area contributed by atoms with E-state index in [1.54, 1.807) is 11.3 Å². The van der Waals surface area contributed by atoms with Crippen LogP contribution >= 0.6 is 49.9 Å². The Morgan fingerprint density at radius 1 is 1.50 bits per heavy atom. The highest BCUT2D eigenvalue weighted by Crippen LogP contribution is 2.34. The van der Waals surface area contributed by atoms with Crippen LogP contribution in [0.2, 0.25) is 0 Å². The van der Waals surface area contributed by atoms with Gasteiger partial charge in [0.05, 0.1) is 8.45 Å². The van der Waals surface area contributed by atoms with Crippen LogP contribution in [0.15, 0.2) is 18.2 Å². The van der Waals surface area contributed by atoms with E-state index in [1.807, 2.05) is 6.07 Å². The molecule has 0 N–H and O–H groups in total. The van der Waals surface area contributed by atoms with Crippen LogP contribution in [-0.2, 0) is 5.33 Å². The lowest BCUT2D eigenvalue weighted by molar-refractivity contribution is 1.47. The first-order valence-corrected chi connectivity index (χ1v) is 6.95. The minimum absolute atomic E-state index is 0.797. The molecule has 0 amide bonds. The van der Waals surface area contributed by atoms with Gasteiger partial charge in [0.2, 0.25) is 0 Å². The fourth-order valence-corrected chi connectivity index (χ4v) is 3.90. The highest BCUT2D eigenvalue weighted by molar-refractivity contribution is 14.1. The van der Waals surface area contributed by atoms with Crippen molar-refractivity contribution in [1.82, 2.24) is 0 Å². The second-order valence-corrected chi connectivity index (χ2v) is 6.21. The lowest BCUT2D eigenvalue weighted by Crippen LogP contribution is -1.81. The highest BCUT2D eigenvalue weighted by atomic mass is 127. The molecule has 0 saturated carbocycles. The van der Waals surface area contributed by atoms with E-state index in [0.717, 1.165) is 19.2 Å². The lowest BCUT2D eigenvalue weighted by Gasteiger charge is -1.97. The topological polar surface area (TPSA) is 23.8 Å². The standard InChI is InChI=1S/C10H5BrINS/c11-4-6-2-1-3-8-9(6)7(5-13)10(12)14-8/h1-3H,4H2. The predicted molar refractivity (Wildman–Crippen MR) is 71.9 cm³/mol. The van der Waals surface area contributed by atoms with Crippen molar-refractivity contribution in [3.63, 3.8) is 0 Å². The quantitative estimate of drug-likeness (QED) is 0.537. The van der Waals surface area contributed by atoms with Gasteiger partial charge >= 0.3 is 0 Å². The SMILES string of the molecule is N#Cc1c(I)sc2cccc(CBr)c12. The Labute approximate surface area is 108 Å². The number of hydrogen-bond acceptors (Lipinski definition) is 2. The number of hydrogen-bond donors (Lipinski definition) is 0. The van der Waals surface area contributed by atoms with Crippen LogP contribution < -0.4 is 0 Å². The zero-order valence-electron chi connectivity index (χ0n) is 7.05. The average Bonchev–Trinajstić information content (AvgIpc) is 2.52. The summed E-state index contributed by atoms with van der Waals surface area (Å²) >= 11 is 7.35. The molecule has 1 heterocycles. The summed E-state index contributed by atoms with van der Waals surface area (Å²) in [5.74, 6) is 0. The van der Waals surface area contributed by atoms with Gasteiger partial charge in [0.15, 0.2) is 0 Å². The highest BCUT2D eigenvalue weighted by Gasteiger charge is 2.12. The molecule has 1 aromatic carbocycles. The molecule has 70 valence electrons. The number of fused-ring (bicyclic) bond motifs is 1. The van der Waals surface area contributed by atoms with E-state index in [0.29, 0.717) is 0 Å². The number of thiophene rings is 1. The summed E-state index contributed by atoms with van der Waals surface area (Å²) in [7, 11) is 0. The van der Waals surface area contributed by atoms with Gasteiger partial charge in [-0.2, -0.15) is 5.26 Å². The van der Waals surface area contributed by atoms with Gasteiger partial charge in [-0.1, -0.05) is 28.1 Å². The Hall–Kier alpha value is -0.120. The molecule has 0 aliphatic heterocycles. The molecule has 0 aliphatic carbocycles. The lowest BCUT2D eigenvalue weighted by atomic mass is 10.1. The number of halogens is 2. The van der Waals surface area contributed by atoms with Crippen LogP contribution in [0.3, 0.4) is 0 Å². The van der Waals surface area contributed by atoms with E-state index in [2.05, 4.69) is 56.7 Å². The zero-order chi connectivity index (χ0) is 10.1. The van der Waals surface area contributed by atoms with E-state index in [9.17, 15) is 0 Å². The van der Waals surface area contributed by atoms with Crippen molar-refractivity contribution >= 4 is 59.9 Å². The van der Waals surface area contributed by atoms with Crippen LogP contribution in [0.1, 0.15) is 11.1 Å². The van der Waals surface area contributed by atoms with Gasteiger partial charge in [-0.3, -0.25) is 0 Å². The normalized spacial score (nSPS) is 10.4. The van der Waals surface area contributed by atoms with Gasteiger partial charge in [0.25, 0.3) is 0 Å². The Bertz CT molecular complexity index is 527. The Morgan fingerprint density at radius 3 is 2.93 bits per heavy atom. The van der Waals surface area contributed by atoms with Crippen LogP contribution in [0.4, 0.5) is 0 Å². The van der Waals surface area contributed by atoms with Gasteiger partial charge in [-0.25, -0.2) is 0 Å². The fraction of sp³-hybridized carbons (Fsp3) is 0.100. The van der Waals surface area contributed by atoms with Gasteiger partial charge in [0, 0.05) is 15.4 Å². The summed E-state index contributed by atoms with van der Waals surface area (Å²) in [6.45, 7) is 0. The molecule has 0 bridgehead atoms. The molecule has 0 radical (unpaired) electrons. The number of benzene rings is 1. The monoisotopic (exact) mass is 377 g/mol. The number of nitriles is 1. The van der Waals surface area contributed by atoms with E-state index < -0.39 is 0 Å². The third-order valence-electron chi connectivity index (χ3n) is 2.01. The summed E-state index contributed by atoms with van der Waals surface area (Å²) in [5, 5.41) is 11.0. The van der Waals surface area contributed by atoms with Crippen molar-refractivity contribution < 1.29 is 0 Å². The molecule has 4 heteroatoms. The van der Waals surface area contributed by atoms with Crippen molar-refractivity contribution in [3.8, 4) is 6.07 Å². The fourth-order valence-electron chi connectivity index (χ4n) is 1.40. The molecule has 14 heavy (non-hydrogen) atoms. The molecule has 0 spiro atoms. The summed E-state index contributed by atoms with van der Waals surface area (Å²) < 4.78 is 2.27. The van der Waals surface area contributed by atoms with Gasteiger partial charge in [-0.05, 0) is 34.2 Å². The largest absolute Gasteiger partial charge is 0.192 e. The van der Waals surface area contributed by atoms with E-state index in [4.69, 9.17) is 5.26 Å². The molecule has 1 nitrogen and oxygen atoms in total. The molecular weight excluding hydrogens is 373 g/mol. The maximum absolute atomic E-state index is 9.06. The minimum atomic E-state index is 0.797. The van der Waals surface area contributed by atoms with Crippen molar-refractivity contribution in [2.45, 2.75) is 5.33 Å². The van der Waals surface area contributed by atoms with Gasteiger partial charge in [-0.15, -0.1) is 11.3 Å². The summed E-state index contributed by atoms with van der Waals surface area (Å²) in [5.41, 5.74) is 2.01. The van der Waals surface area contributed by atoms with Crippen LogP contribution in [-0.4, -0.2) is 0 Å². The maximum atomic E-state index is 9.06. The summed E-state index contributed by atoms with van der Waals surface area (Å²) in [6.07, 6.45) is 0. The first-order chi connectivity index (χ1) is 6.77. The maximum Gasteiger partial charge on any atom is 0.102 e. The van der Waals surface area contributed by atoms with Crippen molar-refractivity contribution in [3.05, 3.63) is 32.2 Å². The molecule has 2 rings (SSSR count). The van der Waals surface area contributed by atoms with Crippen molar-refractivity contribution in [2.24, 2.45) is 0 Å². The summed E-state index contributed by atoms with van der Waals surface area (Å²) in [4.78, 5) is 0. The first kappa shape index (κ1) is 10.4.